The Bertz CT molecular complexity index is 471. The van der Waals surface area contributed by atoms with Gasteiger partial charge in [-0.3, -0.25) is 0 Å². The second-order valence-electron chi connectivity index (χ2n) is 3.76. The predicted molar refractivity (Wildman–Crippen MR) is 74.0 cm³/mol. The molecule has 0 aliphatic heterocycles. The molecule has 0 saturated heterocycles. The number of carbonyl (C=O) groups is 2. The van der Waals surface area contributed by atoms with Gasteiger partial charge in [-0.05, 0) is 0 Å². The Morgan fingerprint density at radius 2 is 1.00 bits per heavy atom. The first-order chi connectivity index (χ1) is 8.27. The Morgan fingerprint density at radius 1 is 0.667 bits per heavy atom. The molecular formula is C15H14CaO2. The molecule has 0 fully saturated rings. The normalized spacial score (nSPS) is 8.89. The SMILES string of the molecule is C.O=[C]([Ca][C](=O)c1ccccc1)c1ccccc1. The Labute approximate surface area is 125 Å². The van der Waals surface area contributed by atoms with Gasteiger partial charge in [0, 0.05) is 0 Å². The number of carbonyl (C=O) groups excluding carboxylic acids is 2. The van der Waals surface area contributed by atoms with Crippen molar-refractivity contribution in [3.63, 3.8) is 0 Å². The summed E-state index contributed by atoms with van der Waals surface area (Å²) in [7, 11) is 0. The van der Waals surface area contributed by atoms with E-state index in [0.29, 0.717) is 11.1 Å². The molecule has 0 spiro atoms. The molecular weight excluding hydrogens is 252 g/mol. The van der Waals surface area contributed by atoms with E-state index in [2.05, 4.69) is 0 Å². The Balaban J connectivity index is 0.00000162. The van der Waals surface area contributed by atoms with Gasteiger partial charge in [0.1, 0.15) is 0 Å². The molecule has 0 unspecified atom stereocenters. The van der Waals surface area contributed by atoms with Crippen LogP contribution >= 0.6 is 0 Å². The van der Waals surface area contributed by atoms with Gasteiger partial charge in [0.25, 0.3) is 0 Å². The first-order valence-corrected chi connectivity index (χ1v) is 7.65. The van der Waals surface area contributed by atoms with Gasteiger partial charge in [-0.15, -0.1) is 0 Å². The summed E-state index contributed by atoms with van der Waals surface area (Å²) in [5, 5.41) is 0. The fourth-order valence-electron chi connectivity index (χ4n) is 1.60. The van der Waals surface area contributed by atoms with E-state index in [1.54, 1.807) is 24.3 Å². The van der Waals surface area contributed by atoms with Gasteiger partial charge in [0.15, 0.2) is 0 Å². The maximum absolute atomic E-state index is 11.9. The molecule has 0 amide bonds. The minimum absolute atomic E-state index is 0. The van der Waals surface area contributed by atoms with Gasteiger partial charge in [-0.25, -0.2) is 0 Å². The summed E-state index contributed by atoms with van der Waals surface area (Å²) in [6.45, 7) is 0. The number of rotatable bonds is 4. The predicted octanol–water partition coefficient (Wildman–Crippen LogP) is 3.01. The standard InChI is InChI=1S/2C7H5O.CH4.Ca/c2*8-6-7-4-2-1-3-5-7;;/h2*1-5H;1H4;. The zero-order chi connectivity index (χ0) is 12.1. The van der Waals surface area contributed by atoms with Gasteiger partial charge in [0.2, 0.25) is 0 Å². The van der Waals surface area contributed by atoms with Crippen molar-refractivity contribution in [3.8, 4) is 0 Å². The third kappa shape index (κ3) is 4.05. The van der Waals surface area contributed by atoms with Crippen LogP contribution in [-0.4, -0.2) is 37.6 Å². The zero-order valence-corrected chi connectivity index (χ0v) is 11.5. The second kappa shape index (κ2) is 7.47. The van der Waals surface area contributed by atoms with Crippen molar-refractivity contribution in [2.75, 3.05) is 0 Å². The van der Waals surface area contributed by atoms with Crippen LogP contribution in [0.4, 0.5) is 0 Å². The van der Waals surface area contributed by atoms with Crippen molar-refractivity contribution in [1.82, 2.24) is 0 Å². The van der Waals surface area contributed by atoms with E-state index < -0.39 is 33.8 Å². The van der Waals surface area contributed by atoms with Crippen molar-refractivity contribution >= 4 is 37.6 Å². The van der Waals surface area contributed by atoms with Crippen molar-refractivity contribution in [2.45, 2.75) is 7.43 Å². The monoisotopic (exact) mass is 266 g/mol. The first kappa shape index (κ1) is 15.1. The van der Waals surface area contributed by atoms with E-state index in [1.807, 2.05) is 36.4 Å². The quantitative estimate of drug-likeness (QED) is 0.797. The molecule has 2 aromatic carbocycles. The molecule has 0 saturated carbocycles. The summed E-state index contributed by atoms with van der Waals surface area (Å²) in [5.41, 5.74) is 1.33. The summed E-state index contributed by atoms with van der Waals surface area (Å²) in [5.74, 6) is 0. The van der Waals surface area contributed by atoms with Crippen LogP contribution in [0.25, 0.3) is 0 Å². The van der Waals surface area contributed by atoms with E-state index in [1.165, 1.54) is 0 Å². The topological polar surface area (TPSA) is 34.1 Å². The molecule has 0 atom stereocenters. The van der Waals surface area contributed by atoms with Gasteiger partial charge in [-0.1, -0.05) is 7.43 Å². The van der Waals surface area contributed by atoms with Gasteiger partial charge >= 0.3 is 119 Å². The van der Waals surface area contributed by atoms with Crippen LogP contribution in [0, 0.1) is 0 Å². The minimum atomic E-state index is -1.88. The average molecular weight is 266 g/mol. The summed E-state index contributed by atoms with van der Waals surface area (Å²) >= 11 is -1.88. The molecule has 2 nitrogen and oxygen atoms in total. The third-order valence-corrected chi connectivity index (χ3v) is 4.79. The molecule has 0 N–H and O–H groups in total. The molecule has 0 aliphatic carbocycles. The summed E-state index contributed by atoms with van der Waals surface area (Å²) < 4.78 is 0.0962. The molecule has 0 heterocycles. The molecule has 18 heavy (non-hydrogen) atoms. The Hall–Kier alpha value is -0.960. The Morgan fingerprint density at radius 3 is 1.33 bits per heavy atom. The van der Waals surface area contributed by atoms with E-state index >= 15 is 0 Å². The third-order valence-electron chi connectivity index (χ3n) is 2.51. The molecule has 2 rings (SSSR count). The summed E-state index contributed by atoms with van der Waals surface area (Å²) in [6.07, 6.45) is 0. The summed E-state index contributed by atoms with van der Waals surface area (Å²) in [6, 6.07) is 18.1. The van der Waals surface area contributed by atoms with Gasteiger partial charge in [-0.2, -0.15) is 0 Å². The first-order valence-electron chi connectivity index (χ1n) is 5.44. The molecule has 0 bridgehead atoms. The molecule has 3 heteroatoms. The summed E-state index contributed by atoms with van der Waals surface area (Å²) in [4.78, 5) is 23.8. The van der Waals surface area contributed by atoms with Crippen molar-refractivity contribution in [1.29, 1.82) is 0 Å². The van der Waals surface area contributed by atoms with Crippen LogP contribution < -0.4 is 0 Å². The van der Waals surface area contributed by atoms with E-state index in [9.17, 15) is 9.59 Å². The van der Waals surface area contributed by atoms with Crippen LogP contribution in [-0.2, 0) is 0 Å². The second-order valence-corrected chi connectivity index (χ2v) is 6.31. The van der Waals surface area contributed by atoms with Crippen LogP contribution in [0.1, 0.15) is 28.1 Å². The van der Waals surface area contributed by atoms with Crippen LogP contribution in [0.3, 0.4) is 0 Å². The van der Waals surface area contributed by atoms with E-state index in [-0.39, 0.29) is 11.2 Å². The van der Waals surface area contributed by atoms with Gasteiger partial charge in [0.05, 0.1) is 0 Å². The van der Waals surface area contributed by atoms with Crippen LogP contribution in [0.5, 0.6) is 0 Å². The number of benzene rings is 2. The molecule has 0 radical (unpaired) electrons. The average Bonchev–Trinajstić information content (AvgIpc) is 2.40. The molecule has 0 aliphatic rings. The van der Waals surface area contributed by atoms with E-state index in [0.717, 1.165) is 0 Å². The number of hydrogen-bond donors (Lipinski definition) is 0. The molecule has 0 aromatic heterocycles. The molecule has 88 valence electrons. The van der Waals surface area contributed by atoms with Crippen LogP contribution in [0.2, 0.25) is 0 Å². The van der Waals surface area contributed by atoms with Gasteiger partial charge < -0.3 is 0 Å². The molecule has 2 aromatic rings. The zero-order valence-electron chi connectivity index (χ0n) is 9.30. The van der Waals surface area contributed by atoms with Crippen molar-refractivity contribution < 1.29 is 9.59 Å². The van der Waals surface area contributed by atoms with E-state index in [4.69, 9.17) is 0 Å². The maximum atomic E-state index is 11.9. The van der Waals surface area contributed by atoms with Crippen molar-refractivity contribution in [3.05, 3.63) is 71.8 Å². The fourth-order valence-corrected chi connectivity index (χ4v) is 3.43. The fraction of sp³-hybridized carbons (Fsp3) is 0.0667. The van der Waals surface area contributed by atoms with Crippen LogP contribution in [0.15, 0.2) is 60.7 Å². The Kier molecular flexibility index (Phi) is 6.27. The number of hydrogen-bond acceptors (Lipinski definition) is 2. The van der Waals surface area contributed by atoms with Crippen molar-refractivity contribution in [2.24, 2.45) is 0 Å².